The monoisotopic (exact) mass is 505 g/mol. The van der Waals surface area contributed by atoms with E-state index >= 15 is 0 Å². The molecule has 1 aliphatic heterocycles. The largest absolute Gasteiger partial charge is 0.373 e. The van der Waals surface area contributed by atoms with Gasteiger partial charge in [-0.05, 0) is 68.9 Å². The predicted molar refractivity (Wildman–Crippen MR) is 132 cm³/mol. The molecule has 1 fully saturated rings. The molecule has 1 saturated heterocycles. The molecular weight excluding hydrogens is 474 g/mol. The quantitative estimate of drug-likeness (QED) is 0.649. The third kappa shape index (κ3) is 4.91. The molecule has 0 bridgehead atoms. The fourth-order valence-electron chi connectivity index (χ4n) is 4.63. The standard InChI is InChI=1S/C24H31N3O5S2/c1-14-5-10-19-20(11-14)33-24(21(19)23(29)25-4)26-22(28)17-6-8-18(9-7-17)34(30,31)27-12-15(2)32-16(3)13-27/h6-9,14-16H,5,10-13H2,1-4H3,(H,25,29)(H,26,28). The lowest BCUT2D eigenvalue weighted by Crippen LogP contribution is -2.48. The van der Waals surface area contributed by atoms with Gasteiger partial charge in [-0.1, -0.05) is 6.92 Å². The van der Waals surface area contributed by atoms with Crippen LogP contribution < -0.4 is 10.6 Å². The SMILES string of the molecule is CNC(=O)c1c(NC(=O)c2ccc(S(=O)(=O)N3CC(C)OC(C)C3)cc2)sc2c1CCC(C)C2. The zero-order valence-electron chi connectivity index (χ0n) is 19.9. The highest BCUT2D eigenvalue weighted by Gasteiger charge is 2.32. The summed E-state index contributed by atoms with van der Waals surface area (Å²) in [7, 11) is -2.11. The van der Waals surface area contributed by atoms with Gasteiger partial charge in [0.15, 0.2) is 0 Å². The maximum absolute atomic E-state index is 13.1. The summed E-state index contributed by atoms with van der Waals surface area (Å²) in [6.45, 7) is 6.47. The van der Waals surface area contributed by atoms with Gasteiger partial charge >= 0.3 is 0 Å². The number of anilines is 1. The summed E-state index contributed by atoms with van der Waals surface area (Å²) in [5, 5.41) is 6.11. The third-order valence-corrected chi connectivity index (χ3v) is 9.35. The van der Waals surface area contributed by atoms with Gasteiger partial charge in [0.25, 0.3) is 11.8 Å². The second kappa shape index (κ2) is 9.77. The van der Waals surface area contributed by atoms with E-state index in [9.17, 15) is 18.0 Å². The van der Waals surface area contributed by atoms with E-state index in [-0.39, 0.29) is 28.9 Å². The minimum atomic E-state index is -3.69. The molecule has 3 atom stereocenters. The van der Waals surface area contributed by atoms with Crippen LogP contribution in [0.4, 0.5) is 5.00 Å². The topological polar surface area (TPSA) is 105 Å². The minimum absolute atomic E-state index is 0.136. The average Bonchev–Trinajstić information content (AvgIpc) is 3.14. The predicted octanol–water partition coefficient (Wildman–Crippen LogP) is 3.28. The summed E-state index contributed by atoms with van der Waals surface area (Å²) in [5.41, 5.74) is 1.89. The first-order valence-electron chi connectivity index (χ1n) is 11.5. The normalized spacial score (nSPS) is 23.2. The lowest BCUT2D eigenvalue weighted by atomic mass is 9.88. The summed E-state index contributed by atoms with van der Waals surface area (Å²) in [6.07, 6.45) is 2.36. The molecule has 0 spiro atoms. The molecule has 2 heterocycles. The lowest BCUT2D eigenvalue weighted by molar-refractivity contribution is -0.0440. The van der Waals surface area contributed by atoms with Crippen LogP contribution in [-0.4, -0.2) is 56.9 Å². The molecule has 2 amide bonds. The van der Waals surface area contributed by atoms with E-state index in [4.69, 9.17) is 4.74 Å². The van der Waals surface area contributed by atoms with Crippen molar-refractivity contribution in [2.75, 3.05) is 25.5 Å². The Morgan fingerprint density at radius 3 is 2.32 bits per heavy atom. The molecule has 2 aromatic rings. The highest BCUT2D eigenvalue weighted by Crippen LogP contribution is 2.39. The Hall–Kier alpha value is -2.27. The molecule has 3 unspecified atom stereocenters. The summed E-state index contributed by atoms with van der Waals surface area (Å²) in [5.74, 6) is -0.0497. The van der Waals surface area contributed by atoms with Gasteiger partial charge in [-0.15, -0.1) is 11.3 Å². The molecule has 0 radical (unpaired) electrons. The van der Waals surface area contributed by atoms with Crippen LogP contribution in [0.15, 0.2) is 29.2 Å². The number of rotatable bonds is 5. The van der Waals surface area contributed by atoms with Gasteiger partial charge in [-0.25, -0.2) is 8.42 Å². The Balaban J connectivity index is 1.54. The van der Waals surface area contributed by atoms with Gasteiger partial charge in [0.05, 0.1) is 22.7 Å². The zero-order chi connectivity index (χ0) is 24.6. The number of morpholine rings is 1. The number of carbonyl (C=O) groups excluding carboxylic acids is 2. The number of fused-ring (bicyclic) bond motifs is 1. The smallest absolute Gasteiger partial charge is 0.256 e. The first-order valence-corrected chi connectivity index (χ1v) is 13.8. The molecule has 34 heavy (non-hydrogen) atoms. The van der Waals surface area contributed by atoms with Crippen molar-refractivity contribution in [2.24, 2.45) is 5.92 Å². The number of benzene rings is 1. The third-order valence-electron chi connectivity index (χ3n) is 6.33. The van der Waals surface area contributed by atoms with Crippen LogP contribution in [0.2, 0.25) is 0 Å². The molecule has 8 nitrogen and oxygen atoms in total. The van der Waals surface area contributed by atoms with Gasteiger partial charge in [0.1, 0.15) is 5.00 Å². The number of hydrogen-bond acceptors (Lipinski definition) is 6. The number of carbonyl (C=O) groups is 2. The van der Waals surface area contributed by atoms with Crippen molar-refractivity contribution in [1.29, 1.82) is 0 Å². The number of sulfonamides is 1. The number of nitrogens with one attached hydrogen (secondary N) is 2. The maximum Gasteiger partial charge on any atom is 0.256 e. The summed E-state index contributed by atoms with van der Waals surface area (Å²) >= 11 is 1.45. The van der Waals surface area contributed by atoms with Crippen molar-refractivity contribution in [2.45, 2.75) is 57.1 Å². The highest BCUT2D eigenvalue weighted by molar-refractivity contribution is 7.89. The van der Waals surface area contributed by atoms with E-state index in [1.807, 2.05) is 13.8 Å². The first-order chi connectivity index (χ1) is 16.1. The molecule has 10 heteroatoms. The van der Waals surface area contributed by atoms with Crippen LogP contribution in [-0.2, 0) is 27.6 Å². The molecule has 4 rings (SSSR count). The first kappa shape index (κ1) is 24.8. The molecule has 2 aliphatic rings. The fourth-order valence-corrected chi connectivity index (χ4v) is 7.63. The van der Waals surface area contributed by atoms with E-state index in [0.717, 1.165) is 29.7 Å². The van der Waals surface area contributed by atoms with Crippen LogP contribution in [0.5, 0.6) is 0 Å². The highest BCUT2D eigenvalue weighted by atomic mass is 32.2. The maximum atomic E-state index is 13.1. The van der Waals surface area contributed by atoms with Gasteiger partial charge in [-0.3, -0.25) is 9.59 Å². The Morgan fingerprint density at radius 1 is 1.06 bits per heavy atom. The summed E-state index contributed by atoms with van der Waals surface area (Å²) in [6, 6.07) is 5.92. The molecule has 1 aliphatic carbocycles. The van der Waals surface area contributed by atoms with Gasteiger partial charge in [-0.2, -0.15) is 4.31 Å². The van der Waals surface area contributed by atoms with Crippen molar-refractivity contribution in [1.82, 2.24) is 9.62 Å². The lowest BCUT2D eigenvalue weighted by Gasteiger charge is -2.34. The van der Waals surface area contributed by atoms with E-state index in [2.05, 4.69) is 17.6 Å². The van der Waals surface area contributed by atoms with E-state index < -0.39 is 10.0 Å². The van der Waals surface area contributed by atoms with Crippen LogP contribution in [0.1, 0.15) is 58.3 Å². The Bertz CT molecular complexity index is 1180. The second-order valence-corrected chi connectivity index (χ2v) is 12.2. The van der Waals surface area contributed by atoms with Crippen LogP contribution in [0, 0.1) is 5.92 Å². The van der Waals surface area contributed by atoms with Gasteiger partial charge < -0.3 is 15.4 Å². The number of thiophene rings is 1. The summed E-state index contributed by atoms with van der Waals surface area (Å²) < 4.78 is 33.2. The molecule has 1 aromatic heterocycles. The van der Waals surface area contributed by atoms with Gasteiger partial charge in [0, 0.05) is 30.6 Å². The zero-order valence-corrected chi connectivity index (χ0v) is 21.5. The molecule has 1 aromatic carbocycles. The number of nitrogens with zero attached hydrogens (tertiary/aromatic N) is 1. The van der Waals surface area contributed by atoms with Crippen LogP contribution >= 0.6 is 11.3 Å². The van der Waals surface area contributed by atoms with Crippen molar-refractivity contribution < 1.29 is 22.7 Å². The molecule has 0 saturated carbocycles. The number of amides is 2. The number of ether oxygens (including phenoxy) is 1. The minimum Gasteiger partial charge on any atom is -0.373 e. The van der Waals surface area contributed by atoms with Crippen molar-refractivity contribution in [3.05, 3.63) is 45.8 Å². The molecule has 2 N–H and O–H groups in total. The van der Waals surface area contributed by atoms with Crippen molar-refractivity contribution in [3.8, 4) is 0 Å². The van der Waals surface area contributed by atoms with Crippen molar-refractivity contribution >= 4 is 38.2 Å². The van der Waals surface area contributed by atoms with Crippen LogP contribution in [0.25, 0.3) is 0 Å². The second-order valence-electron chi connectivity index (χ2n) is 9.19. The average molecular weight is 506 g/mol. The molecular formula is C24H31N3O5S2. The van der Waals surface area contributed by atoms with Crippen molar-refractivity contribution in [3.63, 3.8) is 0 Å². The Labute approximate surface area is 204 Å². The van der Waals surface area contributed by atoms with Crippen LogP contribution in [0.3, 0.4) is 0 Å². The van der Waals surface area contributed by atoms with E-state index in [1.54, 1.807) is 7.05 Å². The number of hydrogen-bond donors (Lipinski definition) is 2. The summed E-state index contributed by atoms with van der Waals surface area (Å²) in [4.78, 5) is 26.9. The van der Waals surface area contributed by atoms with E-state index in [1.165, 1.54) is 39.9 Å². The fraction of sp³-hybridized carbons (Fsp3) is 0.500. The Morgan fingerprint density at radius 2 is 1.71 bits per heavy atom. The Kier molecular flexibility index (Phi) is 7.14. The molecule has 184 valence electrons. The van der Waals surface area contributed by atoms with E-state index in [0.29, 0.717) is 35.1 Å². The van der Waals surface area contributed by atoms with Gasteiger partial charge in [0.2, 0.25) is 10.0 Å².